The van der Waals surface area contributed by atoms with Crippen molar-refractivity contribution in [2.24, 2.45) is 5.92 Å². The van der Waals surface area contributed by atoms with Gasteiger partial charge in [-0.1, -0.05) is 27.2 Å². The van der Waals surface area contributed by atoms with Gasteiger partial charge in [0.2, 0.25) is 5.91 Å². The molecule has 0 heterocycles. The number of nitrogens with one attached hydrogen (secondary N) is 2. The number of carbonyl (C=O) groups is 1. The van der Waals surface area contributed by atoms with Crippen LogP contribution in [0.3, 0.4) is 0 Å². The normalized spacial score (nSPS) is 13.8. The van der Waals surface area contributed by atoms with Crippen LogP contribution in [0, 0.1) is 5.92 Å². The van der Waals surface area contributed by atoms with E-state index in [0.717, 1.165) is 32.4 Å². The highest BCUT2D eigenvalue weighted by Gasteiger charge is 2.16. The number of rotatable bonds is 15. The van der Waals surface area contributed by atoms with Gasteiger partial charge in [-0.2, -0.15) is 0 Å². The molecular formula is C16H33FN2O3. The molecule has 2 unspecified atom stereocenters. The van der Waals surface area contributed by atoms with E-state index in [-0.39, 0.29) is 25.0 Å². The molecule has 132 valence electrons. The van der Waals surface area contributed by atoms with Crippen molar-refractivity contribution in [3.8, 4) is 0 Å². The molecule has 2 N–H and O–H groups in total. The molecule has 1 amide bonds. The molecule has 22 heavy (non-hydrogen) atoms. The zero-order valence-corrected chi connectivity index (χ0v) is 14.3. The van der Waals surface area contributed by atoms with Gasteiger partial charge in [0.1, 0.15) is 6.17 Å². The smallest absolute Gasteiger partial charge is 0.223 e. The largest absolute Gasteiger partial charge is 0.378 e. The molecule has 0 rings (SSSR count). The van der Waals surface area contributed by atoms with Crippen LogP contribution in [0.25, 0.3) is 0 Å². The standard InChI is InChI=1S/C16H33FN2O3/c1-4-7-14(5-2)16(20)19-12-15(17)13-22-11-10-21-9-8-18-6-3/h14-15,18H,4-13H2,1-3H3,(H,19,20). The highest BCUT2D eigenvalue weighted by atomic mass is 19.1. The van der Waals surface area contributed by atoms with Crippen molar-refractivity contribution < 1.29 is 18.7 Å². The minimum absolute atomic E-state index is 0.0109. The Morgan fingerprint density at radius 3 is 2.50 bits per heavy atom. The second-order valence-corrected chi connectivity index (χ2v) is 5.28. The molecule has 0 aromatic heterocycles. The Hall–Kier alpha value is -0.720. The fraction of sp³-hybridized carbons (Fsp3) is 0.938. The second-order valence-electron chi connectivity index (χ2n) is 5.28. The van der Waals surface area contributed by atoms with E-state index in [1.165, 1.54) is 0 Å². The quantitative estimate of drug-likeness (QED) is 0.453. The van der Waals surface area contributed by atoms with Crippen molar-refractivity contribution in [1.82, 2.24) is 10.6 Å². The Morgan fingerprint density at radius 1 is 1.14 bits per heavy atom. The van der Waals surface area contributed by atoms with Crippen molar-refractivity contribution in [2.75, 3.05) is 46.1 Å². The topological polar surface area (TPSA) is 59.6 Å². The Balaban J connectivity index is 3.53. The Kier molecular flexibility index (Phi) is 14.7. The van der Waals surface area contributed by atoms with Crippen molar-refractivity contribution in [1.29, 1.82) is 0 Å². The minimum Gasteiger partial charge on any atom is -0.378 e. The maximum atomic E-state index is 13.6. The number of hydrogen-bond acceptors (Lipinski definition) is 4. The number of ether oxygens (including phenoxy) is 2. The average Bonchev–Trinajstić information content (AvgIpc) is 2.52. The van der Waals surface area contributed by atoms with Gasteiger partial charge in [0.15, 0.2) is 0 Å². The lowest BCUT2D eigenvalue weighted by Gasteiger charge is -2.15. The summed E-state index contributed by atoms with van der Waals surface area (Å²) in [5.74, 6) is -0.0676. The van der Waals surface area contributed by atoms with Crippen LogP contribution >= 0.6 is 0 Å². The SMILES string of the molecule is CCCC(CC)C(=O)NCC(F)COCCOCCNCC. The molecular weight excluding hydrogens is 287 g/mol. The maximum absolute atomic E-state index is 13.6. The Labute approximate surface area is 134 Å². The molecule has 0 spiro atoms. The summed E-state index contributed by atoms with van der Waals surface area (Å²) in [6.45, 7) is 9.25. The molecule has 0 radical (unpaired) electrons. The van der Waals surface area contributed by atoms with Crippen LogP contribution in [0.1, 0.15) is 40.0 Å². The molecule has 0 aliphatic heterocycles. The summed E-state index contributed by atoms with van der Waals surface area (Å²) >= 11 is 0. The molecule has 0 bridgehead atoms. The van der Waals surface area contributed by atoms with Gasteiger partial charge in [-0.25, -0.2) is 4.39 Å². The number of carbonyl (C=O) groups excluding carboxylic acids is 1. The molecule has 5 nitrogen and oxygen atoms in total. The first-order chi connectivity index (χ1) is 10.7. The van der Waals surface area contributed by atoms with Gasteiger partial charge in [-0.15, -0.1) is 0 Å². The van der Waals surface area contributed by atoms with E-state index in [0.29, 0.717) is 19.8 Å². The van der Waals surface area contributed by atoms with Crippen molar-refractivity contribution >= 4 is 5.91 Å². The van der Waals surface area contributed by atoms with Gasteiger partial charge in [0, 0.05) is 12.5 Å². The second kappa shape index (κ2) is 15.2. The van der Waals surface area contributed by atoms with Gasteiger partial charge in [-0.05, 0) is 19.4 Å². The van der Waals surface area contributed by atoms with Crippen LogP contribution in [0.2, 0.25) is 0 Å². The van der Waals surface area contributed by atoms with E-state index in [1.807, 2.05) is 20.8 Å². The molecule has 6 heteroatoms. The van der Waals surface area contributed by atoms with Crippen molar-refractivity contribution in [3.05, 3.63) is 0 Å². The summed E-state index contributed by atoms with van der Waals surface area (Å²) in [6.07, 6.45) is 1.42. The zero-order valence-electron chi connectivity index (χ0n) is 14.3. The van der Waals surface area contributed by atoms with E-state index in [1.54, 1.807) is 0 Å². The first kappa shape index (κ1) is 21.3. The first-order valence-corrected chi connectivity index (χ1v) is 8.43. The van der Waals surface area contributed by atoms with Crippen LogP contribution in [0.5, 0.6) is 0 Å². The minimum atomic E-state index is -1.18. The van der Waals surface area contributed by atoms with Gasteiger partial charge >= 0.3 is 0 Å². The zero-order chi connectivity index (χ0) is 16.6. The summed E-state index contributed by atoms with van der Waals surface area (Å²) in [7, 11) is 0. The van der Waals surface area contributed by atoms with E-state index in [4.69, 9.17) is 9.47 Å². The number of halogens is 1. The van der Waals surface area contributed by atoms with Gasteiger partial charge in [-0.3, -0.25) is 4.79 Å². The van der Waals surface area contributed by atoms with Crippen LogP contribution in [-0.2, 0) is 14.3 Å². The highest BCUT2D eigenvalue weighted by molar-refractivity contribution is 5.78. The third-order valence-electron chi connectivity index (χ3n) is 3.34. The lowest BCUT2D eigenvalue weighted by Crippen LogP contribution is -2.36. The Morgan fingerprint density at radius 2 is 1.86 bits per heavy atom. The average molecular weight is 320 g/mol. The van der Waals surface area contributed by atoms with Crippen LogP contribution in [-0.4, -0.2) is 58.1 Å². The summed E-state index contributed by atoms with van der Waals surface area (Å²) < 4.78 is 24.1. The Bertz CT molecular complexity index is 268. The number of amides is 1. The van der Waals surface area contributed by atoms with Crippen molar-refractivity contribution in [3.63, 3.8) is 0 Å². The highest BCUT2D eigenvalue weighted by Crippen LogP contribution is 2.10. The molecule has 2 atom stereocenters. The molecule has 0 saturated heterocycles. The van der Waals surface area contributed by atoms with Crippen LogP contribution in [0.15, 0.2) is 0 Å². The van der Waals surface area contributed by atoms with Crippen molar-refractivity contribution in [2.45, 2.75) is 46.2 Å². The summed E-state index contributed by atoms with van der Waals surface area (Å²) in [6, 6.07) is 0. The third-order valence-corrected chi connectivity index (χ3v) is 3.34. The van der Waals surface area contributed by atoms with E-state index >= 15 is 0 Å². The predicted octanol–water partition coefficient (Wildman–Crippen LogP) is 1.91. The molecule has 0 aliphatic rings. The monoisotopic (exact) mass is 320 g/mol. The molecule has 0 aliphatic carbocycles. The van der Waals surface area contributed by atoms with Gasteiger partial charge in [0.05, 0.1) is 33.0 Å². The first-order valence-electron chi connectivity index (χ1n) is 8.43. The summed E-state index contributed by atoms with van der Waals surface area (Å²) in [4.78, 5) is 11.8. The molecule has 0 fully saturated rings. The fourth-order valence-corrected chi connectivity index (χ4v) is 2.04. The summed E-state index contributed by atoms with van der Waals surface area (Å²) in [5, 5.41) is 5.80. The predicted molar refractivity (Wildman–Crippen MR) is 86.8 cm³/mol. The number of alkyl halides is 1. The van der Waals surface area contributed by atoms with Gasteiger partial charge < -0.3 is 20.1 Å². The van der Waals surface area contributed by atoms with Crippen LogP contribution in [0.4, 0.5) is 4.39 Å². The maximum Gasteiger partial charge on any atom is 0.223 e. The molecule has 0 saturated carbocycles. The lowest BCUT2D eigenvalue weighted by molar-refractivity contribution is -0.125. The van der Waals surface area contributed by atoms with E-state index in [2.05, 4.69) is 10.6 Å². The molecule has 0 aromatic carbocycles. The van der Waals surface area contributed by atoms with Crippen LogP contribution < -0.4 is 10.6 Å². The van der Waals surface area contributed by atoms with Gasteiger partial charge in [0.25, 0.3) is 0 Å². The fourth-order valence-electron chi connectivity index (χ4n) is 2.04. The number of hydrogen-bond donors (Lipinski definition) is 2. The van der Waals surface area contributed by atoms with E-state index < -0.39 is 6.17 Å². The third kappa shape index (κ3) is 11.9. The lowest BCUT2D eigenvalue weighted by atomic mass is 10.00. The summed E-state index contributed by atoms with van der Waals surface area (Å²) in [5.41, 5.74) is 0. The molecule has 0 aromatic rings. The van der Waals surface area contributed by atoms with E-state index in [9.17, 15) is 9.18 Å². The number of likely N-dealkylation sites (N-methyl/N-ethyl adjacent to an activating group) is 1.